The van der Waals surface area contributed by atoms with Crippen molar-refractivity contribution in [3.05, 3.63) is 58.3 Å². The zero-order valence-corrected chi connectivity index (χ0v) is 14.1. The number of hydrogen-bond acceptors (Lipinski definition) is 3. The van der Waals surface area contributed by atoms with E-state index in [4.69, 9.17) is 4.74 Å². The minimum Gasteiger partial charge on any atom is -0.496 e. The molecule has 0 aliphatic rings. The predicted molar refractivity (Wildman–Crippen MR) is 89.7 cm³/mol. The molecule has 21 heavy (non-hydrogen) atoms. The van der Waals surface area contributed by atoms with Crippen LogP contribution >= 0.6 is 15.9 Å². The second-order valence-electron chi connectivity index (χ2n) is 4.93. The van der Waals surface area contributed by atoms with Gasteiger partial charge in [0.25, 0.3) is 0 Å². The molecule has 1 unspecified atom stereocenters. The van der Waals surface area contributed by atoms with Crippen LogP contribution in [0, 0.1) is 0 Å². The van der Waals surface area contributed by atoms with Crippen molar-refractivity contribution in [3.63, 3.8) is 0 Å². The second-order valence-corrected chi connectivity index (χ2v) is 5.79. The van der Waals surface area contributed by atoms with Crippen molar-refractivity contribution in [1.82, 2.24) is 10.3 Å². The van der Waals surface area contributed by atoms with Gasteiger partial charge in [0, 0.05) is 6.20 Å². The summed E-state index contributed by atoms with van der Waals surface area (Å²) in [5.74, 6) is 0.856. The molecular weight excluding hydrogens is 328 g/mol. The van der Waals surface area contributed by atoms with E-state index in [0.29, 0.717) is 0 Å². The third kappa shape index (κ3) is 4.55. The fourth-order valence-corrected chi connectivity index (χ4v) is 2.84. The molecule has 0 aliphatic carbocycles. The number of halogens is 1. The van der Waals surface area contributed by atoms with Crippen LogP contribution < -0.4 is 10.1 Å². The maximum absolute atomic E-state index is 5.28. The fourth-order valence-electron chi connectivity index (χ4n) is 2.25. The molecule has 1 heterocycles. The molecule has 0 bridgehead atoms. The molecule has 1 N–H and O–H groups in total. The maximum atomic E-state index is 5.28. The van der Waals surface area contributed by atoms with Gasteiger partial charge in [-0.3, -0.25) is 4.98 Å². The highest BCUT2D eigenvalue weighted by molar-refractivity contribution is 9.10. The average molecular weight is 349 g/mol. The lowest BCUT2D eigenvalue weighted by Crippen LogP contribution is -2.24. The highest BCUT2D eigenvalue weighted by atomic mass is 79.9. The van der Waals surface area contributed by atoms with Crippen molar-refractivity contribution in [2.75, 3.05) is 13.7 Å². The minimum atomic E-state index is 0.228. The van der Waals surface area contributed by atoms with Crippen LogP contribution in [0.15, 0.2) is 47.1 Å². The van der Waals surface area contributed by atoms with E-state index in [0.717, 1.165) is 35.3 Å². The molecule has 0 fully saturated rings. The molecule has 2 rings (SSSR count). The van der Waals surface area contributed by atoms with Crippen LogP contribution in [0.4, 0.5) is 0 Å². The largest absolute Gasteiger partial charge is 0.496 e. The van der Waals surface area contributed by atoms with Crippen molar-refractivity contribution in [2.24, 2.45) is 0 Å². The third-order valence-corrected chi connectivity index (χ3v) is 3.96. The van der Waals surface area contributed by atoms with Crippen LogP contribution in [0.1, 0.15) is 30.6 Å². The number of nitrogens with one attached hydrogen (secondary N) is 1. The number of ether oxygens (including phenoxy) is 1. The van der Waals surface area contributed by atoms with E-state index in [9.17, 15) is 0 Å². The van der Waals surface area contributed by atoms with Crippen molar-refractivity contribution in [1.29, 1.82) is 0 Å². The predicted octanol–water partition coefficient (Wildman–Crippen LogP) is 4.14. The Morgan fingerprint density at radius 2 is 2.14 bits per heavy atom. The Balaban J connectivity index is 2.16. The molecule has 0 radical (unpaired) electrons. The fraction of sp³-hybridized carbons (Fsp3) is 0.353. The second kappa shape index (κ2) is 8.15. The summed E-state index contributed by atoms with van der Waals surface area (Å²) in [6.45, 7) is 3.16. The Bertz CT molecular complexity index is 560. The summed E-state index contributed by atoms with van der Waals surface area (Å²) < 4.78 is 6.26. The number of rotatable bonds is 7. The monoisotopic (exact) mass is 348 g/mol. The number of nitrogens with zero attached hydrogens (tertiary/aromatic N) is 1. The smallest absolute Gasteiger partial charge is 0.133 e. The van der Waals surface area contributed by atoms with E-state index in [1.807, 2.05) is 24.4 Å². The van der Waals surface area contributed by atoms with Crippen LogP contribution in [0.3, 0.4) is 0 Å². The topological polar surface area (TPSA) is 34.1 Å². The van der Waals surface area contributed by atoms with Crippen LogP contribution in [0.25, 0.3) is 0 Å². The molecule has 0 aliphatic heterocycles. The number of pyridine rings is 1. The van der Waals surface area contributed by atoms with E-state index in [1.165, 1.54) is 5.56 Å². The Labute approximate surface area is 134 Å². The number of benzene rings is 1. The highest BCUT2D eigenvalue weighted by Gasteiger charge is 2.13. The van der Waals surface area contributed by atoms with Crippen molar-refractivity contribution in [3.8, 4) is 5.75 Å². The third-order valence-electron chi connectivity index (χ3n) is 3.34. The zero-order chi connectivity index (χ0) is 15.1. The van der Waals surface area contributed by atoms with Gasteiger partial charge in [0.05, 0.1) is 23.3 Å². The van der Waals surface area contributed by atoms with Gasteiger partial charge in [-0.25, -0.2) is 0 Å². The van der Waals surface area contributed by atoms with Crippen LogP contribution in [0.2, 0.25) is 0 Å². The van der Waals surface area contributed by atoms with Crippen molar-refractivity contribution < 1.29 is 4.74 Å². The van der Waals surface area contributed by atoms with E-state index in [1.54, 1.807) is 7.11 Å². The summed E-state index contributed by atoms with van der Waals surface area (Å²) in [5.41, 5.74) is 2.33. The lowest BCUT2D eigenvalue weighted by Gasteiger charge is -2.18. The molecule has 2 aromatic rings. The van der Waals surface area contributed by atoms with Crippen LogP contribution in [-0.4, -0.2) is 18.6 Å². The zero-order valence-electron chi connectivity index (χ0n) is 12.5. The molecule has 0 saturated heterocycles. The molecule has 1 atom stereocenters. The highest BCUT2D eigenvalue weighted by Crippen LogP contribution is 2.27. The SMILES string of the molecule is CCCNC(Cc1ccc(OC)c(Br)c1)c1ccccn1. The summed E-state index contributed by atoms with van der Waals surface area (Å²) in [4.78, 5) is 4.49. The van der Waals surface area contributed by atoms with Crippen LogP contribution in [0.5, 0.6) is 5.75 Å². The van der Waals surface area contributed by atoms with E-state index in [2.05, 4.69) is 51.4 Å². The Hall–Kier alpha value is -1.39. The number of aromatic nitrogens is 1. The Morgan fingerprint density at radius 3 is 2.76 bits per heavy atom. The first-order valence-electron chi connectivity index (χ1n) is 7.21. The van der Waals surface area contributed by atoms with Gasteiger partial charge < -0.3 is 10.1 Å². The standard InChI is InChI=1S/C17H21BrN2O/c1-3-9-19-16(15-6-4-5-10-20-15)12-13-7-8-17(21-2)14(18)11-13/h4-8,10-11,16,19H,3,9,12H2,1-2H3. The van der Waals surface area contributed by atoms with Gasteiger partial charge >= 0.3 is 0 Å². The van der Waals surface area contributed by atoms with Gasteiger partial charge in [-0.2, -0.15) is 0 Å². The normalized spacial score (nSPS) is 12.1. The molecule has 4 heteroatoms. The molecule has 3 nitrogen and oxygen atoms in total. The molecule has 0 amide bonds. The molecular formula is C17H21BrN2O. The van der Waals surface area contributed by atoms with E-state index >= 15 is 0 Å². The lowest BCUT2D eigenvalue weighted by molar-refractivity contribution is 0.412. The summed E-state index contributed by atoms with van der Waals surface area (Å²) >= 11 is 3.55. The van der Waals surface area contributed by atoms with Gasteiger partial charge in [0.1, 0.15) is 5.75 Å². The van der Waals surface area contributed by atoms with Gasteiger partial charge in [0.2, 0.25) is 0 Å². The first kappa shape index (κ1) is 16.0. The first-order chi connectivity index (χ1) is 10.2. The molecule has 1 aromatic carbocycles. The molecule has 0 saturated carbocycles. The minimum absolute atomic E-state index is 0.228. The Kier molecular flexibility index (Phi) is 6.21. The maximum Gasteiger partial charge on any atom is 0.133 e. The van der Waals surface area contributed by atoms with E-state index < -0.39 is 0 Å². The summed E-state index contributed by atoms with van der Waals surface area (Å²) in [7, 11) is 1.68. The molecule has 112 valence electrons. The van der Waals surface area contributed by atoms with Gasteiger partial charge in [0.15, 0.2) is 0 Å². The molecule has 0 spiro atoms. The molecule has 1 aromatic heterocycles. The van der Waals surface area contributed by atoms with Crippen molar-refractivity contribution in [2.45, 2.75) is 25.8 Å². The summed E-state index contributed by atoms with van der Waals surface area (Å²) in [6.07, 6.45) is 3.86. The van der Waals surface area contributed by atoms with Crippen LogP contribution in [-0.2, 0) is 6.42 Å². The number of hydrogen-bond donors (Lipinski definition) is 1. The summed E-state index contributed by atoms with van der Waals surface area (Å²) in [5, 5.41) is 3.57. The van der Waals surface area contributed by atoms with Gasteiger partial charge in [-0.1, -0.05) is 19.1 Å². The van der Waals surface area contributed by atoms with Crippen molar-refractivity contribution >= 4 is 15.9 Å². The van der Waals surface area contributed by atoms with Gasteiger partial charge in [-0.15, -0.1) is 0 Å². The first-order valence-corrected chi connectivity index (χ1v) is 8.00. The quantitative estimate of drug-likeness (QED) is 0.816. The Morgan fingerprint density at radius 1 is 1.29 bits per heavy atom. The van der Waals surface area contributed by atoms with E-state index in [-0.39, 0.29) is 6.04 Å². The summed E-state index contributed by atoms with van der Waals surface area (Å²) in [6, 6.07) is 12.5. The number of methoxy groups -OCH3 is 1. The van der Waals surface area contributed by atoms with Gasteiger partial charge in [-0.05, 0) is 65.1 Å². The lowest BCUT2D eigenvalue weighted by atomic mass is 10.0. The average Bonchev–Trinajstić information content (AvgIpc) is 2.52.